The molecule has 0 aliphatic carbocycles. The number of imide groups is 1. The van der Waals surface area contributed by atoms with Gasteiger partial charge >= 0.3 is 12.1 Å². The Morgan fingerprint density at radius 2 is 1.33 bits per heavy atom. The molecule has 0 aromatic heterocycles. The zero-order valence-corrected chi connectivity index (χ0v) is 29.1. The van der Waals surface area contributed by atoms with E-state index in [1.165, 1.54) is 0 Å². The molecule has 4 aromatic rings. The summed E-state index contributed by atoms with van der Waals surface area (Å²) in [5, 5.41) is 4.59. The van der Waals surface area contributed by atoms with E-state index in [-0.39, 0.29) is 18.4 Å². The Balaban J connectivity index is 1.43. The molecule has 12 heteroatoms. The molecule has 0 radical (unpaired) electrons. The monoisotopic (exact) mass is 725 g/mol. The van der Waals surface area contributed by atoms with E-state index in [1.807, 2.05) is 72.0 Å². The van der Waals surface area contributed by atoms with E-state index < -0.39 is 32.6 Å². The summed E-state index contributed by atoms with van der Waals surface area (Å²) in [6.45, 7) is 0.432. The maximum absolute atomic E-state index is 13.7. The van der Waals surface area contributed by atoms with Gasteiger partial charge in [-0.25, -0.2) is 9.59 Å². The van der Waals surface area contributed by atoms with Crippen LogP contribution in [-0.2, 0) is 20.9 Å². The van der Waals surface area contributed by atoms with Crippen LogP contribution in [0.25, 0.3) is 0 Å². The molecule has 5 rings (SSSR count). The van der Waals surface area contributed by atoms with Gasteiger partial charge in [0.15, 0.2) is 0 Å². The highest BCUT2D eigenvalue weighted by Crippen LogP contribution is 2.52. The molecule has 2 N–H and O–H groups in total. The van der Waals surface area contributed by atoms with Crippen molar-refractivity contribution in [2.45, 2.75) is 32.9 Å². The predicted octanol–water partition coefficient (Wildman–Crippen LogP) is 7.70. The average Bonchev–Trinajstić information content (AvgIpc) is 3.52. The molecular formula is C36H34Cl3N3O5S. The standard InChI is InChI=1S/C36H34Cl3N3O5S/c1-46-30-19-17-25(18-20-30)24-47-34(45)42-23-31(21-29(42)22-40-33(44)41-32(43)36(37,38)39)48-35(26-11-5-2-6-12-26,27-13-7-3-8-14-27)28-15-9-4-10-16-28/h2-20,29,31H,21-24H2,1H3,(H2,40,41,43,44)/t29-,31-/m0/s1. The number of amides is 4. The molecule has 4 aromatic carbocycles. The average molecular weight is 727 g/mol. The summed E-state index contributed by atoms with van der Waals surface area (Å²) in [5.41, 5.74) is 4.07. The van der Waals surface area contributed by atoms with E-state index in [4.69, 9.17) is 44.3 Å². The number of likely N-dealkylation sites (tertiary alicyclic amines) is 1. The molecule has 1 aliphatic heterocycles. The van der Waals surface area contributed by atoms with Crippen LogP contribution < -0.4 is 15.4 Å². The highest BCUT2D eigenvalue weighted by molar-refractivity contribution is 8.01. The molecule has 1 saturated heterocycles. The molecule has 1 aliphatic rings. The van der Waals surface area contributed by atoms with Gasteiger partial charge in [-0.1, -0.05) is 138 Å². The molecule has 250 valence electrons. The van der Waals surface area contributed by atoms with E-state index >= 15 is 0 Å². The van der Waals surface area contributed by atoms with Crippen LogP contribution in [0.1, 0.15) is 28.7 Å². The first kappa shape index (κ1) is 35.4. The predicted molar refractivity (Wildman–Crippen MR) is 191 cm³/mol. The van der Waals surface area contributed by atoms with Crippen LogP contribution in [0, 0.1) is 0 Å². The number of thioether (sulfide) groups is 1. The zero-order valence-electron chi connectivity index (χ0n) is 26.0. The van der Waals surface area contributed by atoms with Crippen molar-refractivity contribution in [2.75, 3.05) is 20.2 Å². The number of benzene rings is 4. The lowest BCUT2D eigenvalue weighted by Crippen LogP contribution is -2.49. The van der Waals surface area contributed by atoms with Gasteiger partial charge in [0, 0.05) is 18.3 Å². The SMILES string of the molecule is COc1ccc(COC(=O)N2C[C@@H](SC(c3ccccc3)(c3ccccc3)c3ccccc3)C[C@H]2CNC(=O)NC(=O)C(Cl)(Cl)Cl)cc1. The molecule has 2 atom stereocenters. The zero-order chi connectivity index (χ0) is 34.1. The van der Waals surface area contributed by atoms with E-state index in [2.05, 4.69) is 41.7 Å². The topological polar surface area (TPSA) is 97.0 Å². The third-order valence-corrected chi connectivity index (χ3v) is 10.2. The molecule has 4 amide bonds. The normalized spacial score (nSPS) is 16.2. The third kappa shape index (κ3) is 8.57. The number of carbonyl (C=O) groups is 3. The minimum atomic E-state index is -2.31. The molecule has 0 bridgehead atoms. The maximum Gasteiger partial charge on any atom is 0.410 e. The van der Waals surface area contributed by atoms with Crippen LogP contribution in [0.5, 0.6) is 5.75 Å². The largest absolute Gasteiger partial charge is 0.497 e. The molecule has 0 spiro atoms. The summed E-state index contributed by atoms with van der Waals surface area (Å²) >= 11 is 18.6. The van der Waals surface area contributed by atoms with E-state index in [0.29, 0.717) is 18.7 Å². The molecule has 1 fully saturated rings. The highest BCUT2D eigenvalue weighted by Gasteiger charge is 2.44. The summed E-state index contributed by atoms with van der Waals surface area (Å²) in [6, 6.07) is 36.8. The second kappa shape index (κ2) is 16.0. The number of carbonyl (C=O) groups excluding carboxylic acids is 3. The molecule has 0 saturated carbocycles. The van der Waals surface area contributed by atoms with Crippen molar-refractivity contribution in [1.82, 2.24) is 15.5 Å². The third-order valence-electron chi connectivity index (χ3n) is 8.00. The number of nitrogens with one attached hydrogen (secondary N) is 2. The number of urea groups is 1. The second-order valence-electron chi connectivity index (χ2n) is 11.1. The molecule has 1 heterocycles. The first-order valence-electron chi connectivity index (χ1n) is 15.2. The number of ether oxygens (including phenoxy) is 2. The first-order chi connectivity index (χ1) is 23.1. The van der Waals surface area contributed by atoms with Crippen molar-refractivity contribution in [1.29, 1.82) is 0 Å². The summed E-state index contributed by atoms with van der Waals surface area (Å²) in [7, 11) is 1.58. The quantitative estimate of drug-likeness (QED) is 0.129. The number of alkyl halides is 3. The van der Waals surface area contributed by atoms with Gasteiger partial charge in [0.05, 0.1) is 17.9 Å². The van der Waals surface area contributed by atoms with Crippen LogP contribution in [0.4, 0.5) is 9.59 Å². The van der Waals surface area contributed by atoms with Gasteiger partial charge in [-0.2, -0.15) is 0 Å². The molecule has 0 unspecified atom stereocenters. The fourth-order valence-electron chi connectivity index (χ4n) is 5.73. The van der Waals surface area contributed by atoms with Gasteiger partial charge < -0.3 is 19.7 Å². The number of rotatable bonds is 10. The van der Waals surface area contributed by atoms with Gasteiger partial charge in [-0.3, -0.25) is 10.1 Å². The Morgan fingerprint density at radius 1 is 0.812 bits per heavy atom. The Morgan fingerprint density at radius 3 is 1.81 bits per heavy atom. The summed E-state index contributed by atoms with van der Waals surface area (Å²) in [6.07, 6.45) is -0.00174. The molecular weight excluding hydrogens is 693 g/mol. The lowest BCUT2D eigenvalue weighted by Gasteiger charge is -2.37. The van der Waals surface area contributed by atoms with Gasteiger partial charge in [0.1, 0.15) is 12.4 Å². The van der Waals surface area contributed by atoms with Crippen LogP contribution in [0.15, 0.2) is 115 Å². The second-order valence-corrected chi connectivity index (χ2v) is 14.9. The molecule has 48 heavy (non-hydrogen) atoms. The fourth-order valence-corrected chi connectivity index (χ4v) is 7.74. The number of halogens is 3. The number of methoxy groups -OCH3 is 1. The molecule has 8 nitrogen and oxygen atoms in total. The van der Waals surface area contributed by atoms with Crippen LogP contribution in [0.3, 0.4) is 0 Å². The minimum absolute atomic E-state index is 0.0304. The maximum atomic E-state index is 13.7. The smallest absolute Gasteiger partial charge is 0.410 e. The van der Waals surface area contributed by atoms with Gasteiger partial charge in [0.25, 0.3) is 9.70 Å². The van der Waals surface area contributed by atoms with Crippen LogP contribution in [0.2, 0.25) is 0 Å². The Hall–Kier alpha value is -3.89. The van der Waals surface area contributed by atoms with Crippen molar-refractivity contribution in [3.63, 3.8) is 0 Å². The van der Waals surface area contributed by atoms with Crippen LogP contribution in [-0.4, -0.2) is 58.2 Å². The number of nitrogens with zero attached hydrogens (tertiary/aromatic N) is 1. The van der Waals surface area contributed by atoms with E-state index in [0.717, 1.165) is 22.3 Å². The summed E-state index contributed by atoms with van der Waals surface area (Å²) < 4.78 is 8.06. The van der Waals surface area contributed by atoms with Gasteiger partial charge in [-0.05, 0) is 40.8 Å². The van der Waals surface area contributed by atoms with Crippen molar-refractivity contribution < 1.29 is 23.9 Å². The van der Waals surface area contributed by atoms with Crippen molar-refractivity contribution in [2.24, 2.45) is 0 Å². The van der Waals surface area contributed by atoms with Gasteiger partial charge in [0.2, 0.25) is 0 Å². The summed E-state index contributed by atoms with van der Waals surface area (Å²) in [4.78, 5) is 39.9. The lowest BCUT2D eigenvalue weighted by molar-refractivity contribution is -0.119. The van der Waals surface area contributed by atoms with Gasteiger partial charge in [-0.15, -0.1) is 11.8 Å². The van der Waals surface area contributed by atoms with Crippen LogP contribution >= 0.6 is 46.6 Å². The lowest BCUT2D eigenvalue weighted by atomic mass is 9.84. The summed E-state index contributed by atoms with van der Waals surface area (Å²) in [5.74, 6) is -0.389. The Bertz CT molecular complexity index is 1580. The van der Waals surface area contributed by atoms with E-state index in [1.54, 1.807) is 35.9 Å². The van der Waals surface area contributed by atoms with Crippen molar-refractivity contribution >= 4 is 64.6 Å². The minimum Gasteiger partial charge on any atom is -0.497 e. The van der Waals surface area contributed by atoms with E-state index in [9.17, 15) is 14.4 Å². The number of hydrogen-bond acceptors (Lipinski definition) is 6. The fraction of sp³-hybridized carbons (Fsp3) is 0.250. The Kier molecular flexibility index (Phi) is 11.8. The number of hydrogen-bond donors (Lipinski definition) is 2. The van der Waals surface area contributed by atoms with Crippen molar-refractivity contribution in [3.8, 4) is 5.75 Å². The van der Waals surface area contributed by atoms with Crippen molar-refractivity contribution in [3.05, 3.63) is 138 Å². The Labute approximate surface area is 299 Å². The first-order valence-corrected chi connectivity index (χ1v) is 17.2. The highest BCUT2D eigenvalue weighted by atomic mass is 35.6.